The zero-order valence-electron chi connectivity index (χ0n) is 11.7. The number of benzene rings is 2. The molecule has 0 aliphatic rings. The first kappa shape index (κ1) is 14.5. The highest BCUT2D eigenvalue weighted by Crippen LogP contribution is 2.32. The third kappa shape index (κ3) is 2.96. The Morgan fingerprint density at radius 2 is 1.70 bits per heavy atom. The molecule has 2 aromatic carbocycles. The highest BCUT2D eigenvalue weighted by molar-refractivity contribution is 5.44. The zero-order valence-corrected chi connectivity index (χ0v) is 11.7. The van der Waals surface area contributed by atoms with Crippen LogP contribution in [0, 0.1) is 25.5 Å². The van der Waals surface area contributed by atoms with Crippen LogP contribution >= 0.6 is 0 Å². The second-order valence-electron chi connectivity index (χ2n) is 4.94. The van der Waals surface area contributed by atoms with Crippen molar-refractivity contribution in [3.8, 4) is 11.5 Å². The van der Waals surface area contributed by atoms with Gasteiger partial charge in [-0.3, -0.25) is 0 Å². The SMILES string of the molecule is Cc1cc(Oc2cc(F)ccc2C)c([C@@H](C)N)cc1F. The summed E-state index contributed by atoms with van der Waals surface area (Å²) in [5.41, 5.74) is 7.64. The number of hydrogen-bond donors (Lipinski definition) is 1. The van der Waals surface area contributed by atoms with Crippen molar-refractivity contribution in [3.63, 3.8) is 0 Å². The van der Waals surface area contributed by atoms with E-state index in [0.29, 0.717) is 22.6 Å². The minimum absolute atomic E-state index is 0.333. The third-order valence-corrected chi connectivity index (χ3v) is 3.15. The van der Waals surface area contributed by atoms with Gasteiger partial charge in [0.25, 0.3) is 0 Å². The summed E-state index contributed by atoms with van der Waals surface area (Å²) in [6, 6.07) is 6.87. The van der Waals surface area contributed by atoms with Gasteiger partial charge >= 0.3 is 0 Å². The number of aryl methyl sites for hydroxylation is 2. The zero-order chi connectivity index (χ0) is 14.9. The molecule has 0 radical (unpaired) electrons. The highest BCUT2D eigenvalue weighted by atomic mass is 19.1. The largest absolute Gasteiger partial charge is 0.457 e. The summed E-state index contributed by atoms with van der Waals surface area (Å²) in [5.74, 6) is 0.137. The van der Waals surface area contributed by atoms with Crippen LogP contribution in [0.5, 0.6) is 11.5 Å². The van der Waals surface area contributed by atoms with E-state index in [1.165, 1.54) is 18.2 Å². The van der Waals surface area contributed by atoms with Crippen LogP contribution in [0.1, 0.15) is 29.7 Å². The predicted octanol–water partition coefficient (Wildman–Crippen LogP) is 4.39. The lowest BCUT2D eigenvalue weighted by Crippen LogP contribution is -2.08. The number of rotatable bonds is 3. The predicted molar refractivity (Wildman–Crippen MR) is 75.0 cm³/mol. The second-order valence-corrected chi connectivity index (χ2v) is 4.94. The van der Waals surface area contributed by atoms with Crippen molar-refractivity contribution in [1.82, 2.24) is 0 Å². The van der Waals surface area contributed by atoms with Crippen LogP contribution in [-0.2, 0) is 0 Å². The van der Waals surface area contributed by atoms with Crippen molar-refractivity contribution < 1.29 is 13.5 Å². The fourth-order valence-electron chi connectivity index (χ4n) is 1.92. The van der Waals surface area contributed by atoms with Crippen LogP contribution in [0.25, 0.3) is 0 Å². The van der Waals surface area contributed by atoms with Gasteiger partial charge in [0.15, 0.2) is 0 Å². The molecule has 0 aliphatic carbocycles. The summed E-state index contributed by atoms with van der Waals surface area (Å²) in [7, 11) is 0. The van der Waals surface area contributed by atoms with Crippen LogP contribution in [0.15, 0.2) is 30.3 Å². The molecular formula is C16H17F2NO. The number of nitrogens with two attached hydrogens (primary N) is 1. The highest BCUT2D eigenvalue weighted by Gasteiger charge is 2.14. The molecule has 0 aromatic heterocycles. The van der Waals surface area contributed by atoms with E-state index < -0.39 is 0 Å². The smallest absolute Gasteiger partial charge is 0.133 e. The Bertz CT molecular complexity index is 639. The Morgan fingerprint density at radius 3 is 2.35 bits per heavy atom. The van der Waals surface area contributed by atoms with Gasteiger partial charge in [0.05, 0.1) is 0 Å². The minimum Gasteiger partial charge on any atom is -0.457 e. The van der Waals surface area contributed by atoms with Gasteiger partial charge < -0.3 is 10.5 Å². The lowest BCUT2D eigenvalue weighted by Gasteiger charge is -2.16. The Labute approximate surface area is 117 Å². The summed E-state index contributed by atoms with van der Waals surface area (Å²) >= 11 is 0. The number of halogens is 2. The second kappa shape index (κ2) is 5.59. The summed E-state index contributed by atoms with van der Waals surface area (Å²) < 4.78 is 32.6. The molecule has 2 nitrogen and oxygen atoms in total. The molecule has 1 atom stereocenters. The molecule has 2 N–H and O–H groups in total. The van der Waals surface area contributed by atoms with Crippen LogP contribution in [0.4, 0.5) is 8.78 Å². The molecule has 20 heavy (non-hydrogen) atoms. The number of hydrogen-bond acceptors (Lipinski definition) is 2. The Hall–Kier alpha value is -1.94. The van der Waals surface area contributed by atoms with E-state index in [1.54, 1.807) is 26.0 Å². The molecule has 106 valence electrons. The van der Waals surface area contributed by atoms with Gasteiger partial charge in [-0.15, -0.1) is 0 Å². The summed E-state index contributed by atoms with van der Waals surface area (Å²) in [5, 5.41) is 0. The molecule has 4 heteroatoms. The van der Waals surface area contributed by atoms with Gasteiger partial charge in [0.1, 0.15) is 23.1 Å². The van der Waals surface area contributed by atoms with Gasteiger partial charge in [0.2, 0.25) is 0 Å². The Balaban J connectivity index is 2.47. The Kier molecular flexibility index (Phi) is 4.04. The Morgan fingerprint density at radius 1 is 1.00 bits per heavy atom. The molecule has 0 aliphatic heterocycles. The molecular weight excluding hydrogens is 260 g/mol. The standard InChI is InChI=1S/C16H17F2NO/c1-9-4-5-12(17)7-15(9)20-16-6-10(2)14(18)8-13(16)11(3)19/h4-8,11H,19H2,1-3H3/t11-/m1/s1. The van der Waals surface area contributed by atoms with E-state index in [-0.39, 0.29) is 17.7 Å². The van der Waals surface area contributed by atoms with Crippen molar-refractivity contribution in [3.05, 3.63) is 58.7 Å². The molecule has 0 unspecified atom stereocenters. The first-order valence-electron chi connectivity index (χ1n) is 6.38. The van der Waals surface area contributed by atoms with Gasteiger partial charge in [-0.1, -0.05) is 6.07 Å². The van der Waals surface area contributed by atoms with E-state index in [0.717, 1.165) is 5.56 Å². The maximum Gasteiger partial charge on any atom is 0.133 e. The van der Waals surface area contributed by atoms with E-state index in [4.69, 9.17) is 10.5 Å². The van der Waals surface area contributed by atoms with Crippen LogP contribution in [-0.4, -0.2) is 0 Å². The molecule has 0 saturated heterocycles. The lowest BCUT2D eigenvalue weighted by atomic mass is 10.0. The monoisotopic (exact) mass is 277 g/mol. The van der Waals surface area contributed by atoms with Gasteiger partial charge in [-0.25, -0.2) is 8.78 Å². The maximum absolute atomic E-state index is 13.6. The van der Waals surface area contributed by atoms with Crippen LogP contribution in [0.2, 0.25) is 0 Å². The average molecular weight is 277 g/mol. The fraction of sp³-hybridized carbons (Fsp3) is 0.250. The normalized spacial score (nSPS) is 12.3. The fourth-order valence-corrected chi connectivity index (χ4v) is 1.92. The van der Waals surface area contributed by atoms with Gasteiger partial charge in [-0.05, 0) is 50.1 Å². The maximum atomic E-state index is 13.6. The van der Waals surface area contributed by atoms with E-state index in [2.05, 4.69) is 0 Å². The van der Waals surface area contributed by atoms with Crippen molar-refractivity contribution in [2.75, 3.05) is 0 Å². The molecule has 0 saturated carbocycles. The molecule has 2 aromatic rings. The van der Waals surface area contributed by atoms with E-state index >= 15 is 0 Å². The van der Waals surface area contributed by atoms with Gasteiger partial charge in [0, 0.05) is 17.7 Å². The molecule has 0 bridgehead atoms. The minimum atomic E-state index is -0.383. The summed E-state index contributed by atoms with van der Waals surface area (Å²) in [4.78, 5) is 0. The van der Waals surface area contributed by atoms with Gasteiger partial charge in [-0.2, -0.15) is 0 Å². The lowest BCUT2D eigenvalue weighted by molar-refractivity contribution is 0.460. The number of ether oxygens (including phenoxy) is 1. The molecule has 0 spiro atoms. The average Bonchev–Trinajstić information content (AvgIpc) is 2.37. The first-order chi connectivity index (χ1) is 9.38. The summed E-state index contributed by atoms with van der Waals surface area (Å²) in [6.07, 6.45) is 0. The molecule has 2 rings (SSSR count). The summed E-state index contributed by atoms with van der Waals surface area (Å²) in [6.45, 7) is 5.21. The van der Waals surface area contributed by atoms with Crippen molar-refractivity contribution in [2.24, 2.45) is 5.73 Å². The third-order valence-electron chi connectivity index (χ3n) is 3.15. The van der Waals surface area contributed by atoms with Crippen molar-refractivity contribution in [2.45, 2.75) is 26.8 Å². The quantitative estimate of drug-likeness (QED) is 0.902. The molecule has 0 fully saturated rings. The van der Waals surface area contributed by atoms with Crippen LogP contribution < -0.4 is 10.5 Å². The topological polar surface area (TPSA) is 35.2 Å². The first-order valence-corrected chi connectivity index (χ1v) is 6.38. The van der Waals surface area contributed by atoms with Crippen LogP contribution in [0.3, 0.4) is 0 Å². The molecule has 0 heterocycles. The van der Waals surface area contributed by atoms with E-state index in [9.17, 15) is 8.78 Å². The van der Waals surface area contributed by atoms with Crippen molar-refractivity contribution >= 4 is 0 Å². The van der Waals surface area contributed by atoms with Crippen molar-refractivity contribution in [1.29, 1.82) is 0 Å². The van der Waals surface area contributed by atoms with E-state index in [1.807, 2.05) is 6.92 Å². The molecule has 0 amide bonds.